The van der Waals surface area contributed by atoms with Gasteiger partial charge < -0.3 is 0 Å². The summed E-state index contributed by atoms with van der Waals surface area (Å²) in [5, 5.41) is 4.47. The molecule has 0 saturated carbocycles. The molecule has 0 bridgehead atoms. The average Bonchev–Trinajstić information content (AvgIpc) is 2.73. The first-order valence-electron chi connectivity index (χ1n) is 7.61. The number of benzene rings is 1. The van der Waals surface area contributed by atoms with Crippen molar-refractivity contribution in [2.75, 3.05) is 0 Å². The zero-order chi connectivity index (χ0) is 15.2. The summed E-state index contributed by atoms with van der Waals surface area (Å²) in [5.74, 6) is 5.73. The van der Waals surface area contributed by atoms with Crippen molar-refractivity contribution < 1.29 is 0 Å². The molecule has 2 rings (SSSR count). The van der Waals surface area contributed by atoms with Crippen molar-refractivity contribution in [1.82, 2.24) is 15.2 Å². The van der Waals surface area contributed by atoms with Gasteiger partial charge in [-0.1, -0.05) is 30.3 Å². The van der Waals surface area contributed by atoms with Gasteiger partial charge in [0.2, 0.25) is 0 Å². The Bertz CT molecular complexity index is 560. The van der Waals surface area contributed by atoms with Crippen LogP contribution in [0.5, 0.6) is 0 Å². The molecule has 0 spiro atoms. The molecule has 114 valence electrons. The van der Waals surface area contributed by atoms with Gasteiger partial charge in [-0.25, -0.2) is 0 Å². The van der Waals surface area contributed by atoms with Crippen LogP contribution >= 0.6 is 0 Å². The predicted molar refractivity (Wildman–Crippen MR) is 86.9 cm³/mol. The van der Waals surface area contributed by atoms with Gasteiger partial charge in [-0.2, -0.15) is 5.10 Å². The molecule has 0 aliphatic carbocycles. The average molecular weight is 286 g/mol. The summed E-state index contributed by atoms with van der Waals surface area (Å²) < 4.78 is 1.95. The first-order valence-corrected chi connectivity index (χ1v) is 7.61. The third kappa shape index (κ3) is 4.16. The quantitative estimate of drug-likeness (QED) is 0.607. The number of nitrogens with zero attached hydrogens (tertiary/aromatic N) is 2. The van der Waals surface area contributed by atoms with Gasteiger partial charge in [0.1, 0.15) is 0 Å². The van der Waals surface area contributed by atoms with E-state index in [0.29, 0.717) is 6.04 Å². The predicted octanol–water partition coefficient (Wildman–Crippen LogP) is 2.43. The second kappa shape index (κ2) is 7.38. The number of hydrazine groups is 1. The SMILES string of the molecule is Cc1nn(C)c(C)c1CC(CCCc1ccccc1)NN. The van der Waals surface area contributed by atoms with Gasteiger partial charge in [-0.15, -0.1) is 0 Å². The summed E-state index contributed by atoms with van der Waals surface area (Å²) in [7, 11) is 1.99. The smallest absolute Gasteiger partial charge is 0.0628 e. The van der Waals surface area contributed by atoms with E-state index in [1.165, 1.54) is 16.8 Å². The molecule has 1 aromatic carbocycles. The van der Waals surface area contributed by atoms with E-state index in [1.54, 1.807) is 0 Å². The third-order valence-corrected chi connectivity index (χ3v) is 4.21. The molecule has 2 aromatic rings. The maximum absolute atomic E-state index is 5.73. The van der Waals surface area contributed by atoms with Crippen LogP contribution in [0.2, 0.25) is 0 Å². The number of hydrogen-bond donors (Lipinski definition) is 2. The maximum atomic E-state index is 5.73. The van der Waals surface area contributed by atoms with Crippen LogP contribution in [-0.2, 0) is 19.9 Å². The molecule has 3 N–H and O–H groups in total. The highest BCUT2D eigenvalue weighted by Crippen LogP contribution is 2.16. The van der Waals surface area contributed by atoms with Crippen LogP contribution in [0.1, 0.15) is 35.4 Å². The van der Waals surface area contributed by atoms with Gasteiger partial charge in [0.05, 0.1) is 5.69 Å². The summed E-state index contributed by atoms with van der Waals surface area (Å²) in [5.41, 5.74) is 8.02. The Morgan fingerprint density at radius 2 is 1.95 bits per heavy atom. The largest absolute Gasteiger partial charge is 0.272 e. The van der Waals surface area contributed by atoms with Gasteiger partial charge >= 0.3 is 0 Å². The van der Waals surface area contributed by atoms with E-state index >= 15 is 0 Å². The number of rotatable bonds is 7. The van der Waals surface area contributed by atoms with E-state index in [-0.39, 0.29) is 0 Å². The van der Waals surface area contributed by atoms with Gasteiger partial charge in [-0.05, 0) is 50.7 Å². The van der Waals surface area contributed by atoms with Crippen LogP contribution < -0.4 is 11.3 Å². The van der Waals surface area contributed by atoms with Crippen LogP contribution in [0.4, 0.5) is 0 Å². The summed E-state index contributed by atoms with van der Waals surface area (Å²) in [4.78, 5) is 0. The Morgan fingerprint density at radius 1 is 1.24 bits per heavy atom. The molecule has 0 radical (unpaired) electrons. The van der Waals surface area contributed by atoms with E-state index in [9.17, 15) is 0 Å². The van der Waals surface area contributed by atoms with Crippen LogP contribution in [0.15, 0.2) is 30.3 Å². The molecule has 1 unspecified atom stereocenters. The second-order valence-electron chi connectivity index (χ2n) is 5.72. The lowest BCUT2D eigenvalue weighted by atomic mass is 9.98. The van der Waals surface area contributed by atoms with Gasteiger partial charge in [0.25, 0.3) is 0 Å². The van der Waals surface area contributed by atoms with Crippen molar-refractivity contribution >= 4 is 0 Å². The maximum Gasteiger partial charge on any atom is 0.0628 e. The van der Waals surface area contributed by atoms with Crippen molar-refractivity contribution in [3.8, 4) is 0 Å². The van der Waals surface area contributed by atoms with Gasteiger partial charge in [0, 0.05) is 18.8 Å². The molecule has 0 aliphatic rings. The number of nitrogens with one attached hydrogen (secondary N) is 1. The van der Waals surface area contributed by atoms with Crippen molar-refractivity contribution in [3.05, 3.63) is 52.8 Å². The fraction of sp³-hybridized carbons (Fsp3) is 0.471. The third-order valence-electron chi connectivity index (χ3n) is 4.21. The lowest BCUT2D eigenvalue weighted by Gasteiger charge is -2.16. The van der Waals surface area contributed by atoms with E-state index < -0.39 is 0 Å². The topological polar surface area (TPSA) is 55.9 Å². The fourth-order valence-electron chi connectivity index (χ4n) is 2.80. The lowest BCUT2D eigenvalue weighted by Crippen LogP contribution is -2.37. The molecular weight excluding hydrogens is 260 g/mol. The standard InChI is InChI=1S/C17H26N4/c1-13-17(14(2)21(3)20-13)12-16(19-18)11-7-10-15-8-5-4-6-9-15/h4-6,8-9,16,19H,7,10-12,18H2,1-3H3. The monoisotopic (exact) mass is 286 g/mol. The van der Waals surface area contributed by atoms with Crippen molar-refractivity contribution in [3.63, 3.8) is 0 Å². The minimum Gasteiger partial charge on any atom is -0.272 e. The number of aromatic nitrogens is 2. The van der Waals surface area contributed by atoms with Crippen LogP contribution in [-0.4, -0.2) is 15.8 Å². The van der Waals surface area contributed by atoms with Crippen LogP contribution in [0.25, 0.3) is 0 Å². The molecule has 0 aliphatic heterocycles. The number of hydrogen-bond acceptors (Lipinski definition) is 3. The Balaban J connectivity index is 1.88. The summed E-state index contributed by atoms with van der Waals surface area (Å²) >= 11 is 0. The minimum absolute atomic E-state index is 0.301. The van der Waals surface area contributed by atoms with Gasteiger partial charge in [0.15, 0.2) is 0 Å². The molecule has 1 atom stereocenters. The highest BCUT2D eigenvalue weighted by atomic mass is 15.3. The molecule has 1 aromatic heterocycles. The lowest BCUT2D eigenvalue weighted by molar-refractivity contribution is 0.475. The zero-order valence-corrected chi connectivity index (χ0v) is 13.3. The van der Waals surface area contributed by atoms with Crippen molar-refractivity contribution in [1.29, 1.82) is 0 Å². The Labute approximate surface area is 127 Å². The molecular formula is C17H26N4. The van der Waals surface area contributed by atoms with E-state index in [2.05, 4.69) is 54.7 Å². The molecule has 21 heavy (non-hydrogen) atoms. The molecule has 1 heterocycles. The number of aryl methyl sites for hydroxylation is 3. The fourth-order valence-corrected chi connectivity index (χ4v) is 2.80. The minimum atomic E-state index is 0.301. The van der Waals surface area contributed by atoms with Crippen LogP contribution in [0, 0.1) is 13.8 Å². The van der Waals surface area contributed by atoms with Crippen molar-refractivity contribution in [2.45, 2.75) is 45.6 Å². The summed E-state index contributed by atoms with van der Waals surface area (Å²) in [6, 6.07) is 10.9. The van der Waals surface area contributed by atoms with E-state index in [4.69, 9.17) is 5.84 Å². The summed E-state index contributed by atoms with van der Waals surface area (Å²) in [6.07, 6.45) is 4.25. The molecule has 4 nitrogen and oxygen atoms in total. The van der Waals surface area contributed by atoms with Crippen molar-refractivity contribution in [2.24, 2.45) is 12.9 Å². The first-order chi connectivity index (χ1) is 10.1. The van der Waals surface area contributed by atoms with Crippen LogP contribution in [0.3, 0.4) is 0 Å². The molecule has 0 amide bonds. The molecule has 4 heteroatoms. The highest BCUT2D eigenvalue weighted by molar-refractivity contribution is 5.25. The normalized spacial score (nSPS) is 12.6. The zero-order valence-electron chi connectivity index (χ0n) is 13.3. The highest BCUT2D eigenvalue weighted by Gasteiger charge is 2.15. The van der Waals surface area contributed by atoms with E-state index in [1.807, 2.05) is 11.7 Å². The first kappa shape index (κ1) is 15.7. The number of nitrogens with two attached hydrogens (primary N) is 1. The van der Waals surface area contributed by atoms with Gasteiger partial charge in [-0.3, -0.25) is 16.0 Å². The Morgan fingerprint density at radius 3 is 2.52 bits per heavy atom. The Kier molecular flexibility index (Phi) is 5.53. The second-order valence-corrected chi connectivity index (χ2v) is 5.72. The Hall–Kier alpha value is -1.65. The molecule has 0 fully saturated rings. The van der Waals surface area contributed by atoms with E-state index in [0.717, 1.165) is 31.4 Å². The summed E-state index contributed by atoms with van der Waals surface area (Å²) in [6.45, 7) is 4.19. The molecule has 0 saturated heterocycles.